The summed E-state index contributed by atoms with van der Waals surface area (Å²) in [6.07, 6.45) is 2.73. The second kappa shape index (κ2) is 4.21. The predicted molar refractivity (Wildman–Crippen MR) is 58.4 cm³/mol. The number of aliphatic hydroxyl groups excluding tert-OH is 1. The molecule has 0 heterocycles. The van der Waals surface area contributed by atoms with Crippen molar-refractivity contribution in [1.29, 1.82) is 0 Å². The summed E-state index contributed by atoms with van der Waals surface area (Å²) in [6, 6.07) is 6.46. The Morgan fingerprint density at radius 3 is 2.47 bits per heavy atom. The molecule has 15 heavy (non-hydrogen) atoms. The van der Waals surface area contributed by atoms with Crippen LogP contribution in [0.25, 0.3) is 0 Å². The number of nitrogens with two attached hydrogens (primary N) is 1. The van der Waals surface area contributed by atoms with Crippen LogP contribution in [0.1, 0.15) is 30.9 Å². The maximum absolute atomic E-state index is 9.98. The van der Waals surface area contributed by atoms with Gasteiger partial charge in [0.2, 0.25) is 0 Å². The third-order valence-electron chi connectivity index (χ3n) is 3.30. The average molecular weight is 207 g/mol. The highest BCUT2D eigenvalue weighted by molar-refractivity contribution is 5.35. The fourth-order valence-corrected chi connectivity index (χ4v) is 2.03. The Morgan fingerprint density at radius 1 is 1.27 bits per heavy atom. The molecule has 0 bridgehead atoms. The largest absolute Gasteiger partial charge is 0.508 e. The predicted octanol–water partition coefficient (Wildman–Crippen LogP) is 1.55. The molecule has 0 aromatic heterocycles. The Bertz CT molecular complexity index is 336. The van der Waals surface area contributed by atoms with Gasteiger partial charge in [0.15, 0.2) is 0 Å². The summed E-state index contributed by atoms with van der Waals surface area (Å²) in [5.74, 6) is 0.475. The van der Waals surface area contributed by atoms with Gasteiger partial charge in [-0.1, -0.05) is 24.6 Å². The maximum Gasteiger partial charge on any atom is 0.120 e. The van der Waals surface area contributed by atoms with Crippen LogP contribution in [0.3, 0.4) is 0 Å². The molecule has 0 amide bonds. The van der Waals surface area contributed by atoms with Gasteiger partial charge in [-0.15, -0.1) is 0 Å². The molecule has 3 heteroatoms. The summed E-state index contributed by atoms with van der Waals surface area (Å²) in [5.41, 5.74) is 6.58. The van der Waals surface area contributed by atoms with Gasteiger partial charge in [-0.25, -0.2) is 0 Å². The van der Waals surface area contributed by atoms with Gasteiger partial charge in [-0.3, -0.25) is 0 Å². The van der Waals surface area contributed by atoms with E-state index in [0.29, 0.717) is 11.5 Å². The van der Waals surface area contributed by atoms with Gasteiger partial charge < -0.3 is 15.9 Å². The van der Waals surface area contributed by atoms with Crippen molar-refractivity contribution < 1.29 is 10.2 Å². The Kier molecular flexibility index (Phi) is 2.93. The molecule has 1 aliphatic carbocycles. The first kappa shape index (κ1) is 10.5. The van der Waals surface area contributed by atoms with Crippen molar-refractivity contribution in [2.45, 2.75) is 31.4 Å². The molecule has 0 unspecified atom stereocenters. The average Bonchev–Trinajstić information content (AvgIpc) is 2.15. The van der Waals surface area contributed by atoms with Crippen LogP contribution in [0.15, 0.2) is 24.3 Å². The lowest BCUT2D eigenvalue weighted by Crippen LogP contribution is -2.36. The summed E-state index contributed by atoms with van der Waals surface area (Å²) >= 11 is 0. The number of rotatable bonds is 3. The maximum atomic E-state index is 9.98. The summed E-state index contributed by atoms with van der Waals surface area (Å²) in [5, 5.41) is 19.6. The summed E-state index contributed by atoms with van der Waals surface area (Å²) in [4.78, 5) is 0. The van der Waals surface area contributed by atoms with Gasteiger partial charge >= 0.3 is 0 Å². The molecule has 1 saturated carbocycles. The molecule has 1 aromatic rings. The van der Waals surface area contributed by atoms with E-state index in [4.69, 9.17) is 5.73 Å². The smallest absolute Gasteiger partial charge is 0.120 e. The lowest BCUT2D eigenvalue weighted by molar-refractivity contribution is 0.0408. The highest BCUT2D eigenvalue weighted by Gasteiger charge is 2.31. The zero-order valence-electron chi connectivity index (χ0n) is 8.63. The van der Waals surface area contributed by atoms with Gasteiger partial charge in [0.1, 0.15) is 5.75 Å². The van der Waals surface area contributed by atoms with E-state index in [1.807, 2.05) is 6.07 Å². The number of hydrogen-bond acceptors (Lipinski definition) is 3. The van der Waals surface area contributed by atoms with Gasteiger partial charge in [0.05, 0.1) is 12.1 Å². The number of benzene rings is 1. The molecule has 2 rings (SSSR count). The molecular weight excluding hydrogens is 190 g/mol. The number of para-hydroxylation sites is 1. The first-order chi connectivity index (χ1) is 7.20. The van der Waals surface area contributed by atoms with Crippen LogP contribution in [0, 0.1) is 5.92 Å². The molecular formula is C12H17NO2. The minimum absolute atomic E-state index is 0.170. The number of aliphatic hydroxyl groups is 1. The minimum Gasteiger partial charge on any atom is -0.508 e. The van der Waals surface area contributed by atoms with E-state index in [1.165, 1.54) is 6.42 Å². The monoisotopic (exact) mass is 207 g/mol. The first-order valence-electron chi connectivity index (χ1n) is 5.41. The highest BCUT2D eigenvalue weighted by Crippen LogP contribution is 2.36. The van der Waals surface area contributed by atoms with Gasteiger partial charge in [-0.05, 0) is 24.8 Å². The zero-order chi connectivity index (χ0) is 10.8. The normalized spacial score (nSPS) is 20.7. The van der Waals surface area contributed by atoms with Crippen LogP contribution in [0.4, 0.5) is 0 Å². The number of phenolic OH excluding ortho intramolecular Hbond substituents is 1. The molecule has 82 valence electrons. The molecule has 0 radical (unpaired) electrons. The molecule has 0 spiro atoms. The van der Waals surface area contributed by atoms with Crippen molar-refractivity contribution in [2.24, 2.45) is 11.7 Å². The molecule has 1 aliphatic rings. The number of hydrogen-bond donors (Lipinski definition) is 3. The van der Waals surface area contributed by atoms with E-state index >= 15 is 0 Å². The van der Waals surface area contributed by atoms with E-state index in [-0.39, 0.29) is 5.75 Å². The molecule has 2 atom stereocenters. The molecule has 0 aliphatic heterocycles. The van der Waals surface area contributed by atoms with Crippen molar-refractivity contribution in [3.05, 3.63) is 29.8 Å². The van der Waals surface area contributed by atoms with Gasteiger partial charge in [-0.2, -0.15) is 0 Å². The van der Waals surface area contributed by atoms with Crippen LogP contribution in [0.5, 0.6) is 5.75 Å². The molecule has 1 fully saturated rings. The molecule has 4 N–H and O–H groups in total. The second-order valence-corrected chi connectivity index (χ2v) is 4.27. The van der Waals surface area contributed by atoms with Gasteiger partial charge in [0.25, 0.3) is 0 Å². The van der Waals surface area contributed by atoms with Crippen molar-refractivity contribution in [3.63, 3.8) is 0 Å². The fourth-order valence-electron chi connectivity index (χ4n) is 2.03. The van der Waals surface area contributed by atoms with Crippen LogP contribution in [0.2, 0.25) is 0 Å². The Hall–Kier alpha value is -1.06. The standard InChI is InChI=1S/C12H17NO2/c13-11(12(15)8-4-3-5-8)9-6-1-2-7-10(9)14/h1-2,6-8,11-12,14-15H,3-5,13H2/t11-,12+/m0/s1. The summed E-state index contributed by atoms with van der Waals surface area (Å²) in [6.45, 7) is 0. The van der Waals surface area contributed by atoms with E-state index in [2.05, 4.69) is 0 Å². The SMILES string of the molecule is N[C@@H](c1ccccc1O)[C@H](O)C1CCC1. The number of aromatic hydroxyl groups is 1. The zero-order valence-corrected chi connectivity index (χ0v) is 8.63. The Morgan fingerprint density at radius 2 is 1.93 bits per heavy atom. The molecule has 0 saturated heterocycles. The first-order valence-corrected chi connectivity index (χ1v) is 5.41. The third kappa shape index (κ3) is 1.98. The van der Waals surface area contributed by atoms with Crippen LogP contribution < -0.4 is 5.73 Å². The van der Waals surface area contributed by atoms with Crippen molar-refractivity contribution >= 4 is 0 Å². The number of phenols is 1. The van der Waals surface area contributed by atoms with Crippen LogP contribution in [-0.4, -0.2) is 16.3 Å². The Labute approximate surface area is 89.5 Å². The lowest BCUT2D eigenvalue weighted by atomic mass is 9.77. The summed E-state index contributed by atoms with van der Waals surface area (Å²) in [7, 11) is 0. The van der Waals surface area contributed by atoms with E-state index in [0.717, 1.165) is 12.8 Å². The quantitative estimate of drug-likeness (QED) is 0.704. The topological polar surface area (TPSA) is 66.5 Å². The van der Waals surface area contributed by atoms with Crippen molar-refractivity contribution in [1.82, 2.24) is 0 Å². The molecule has 1 aromatic carbocycles. The van der Waals surface area contributed by atoms with Crippen molar-refractivity contribution in [2.75, 3.05) is 0 Å². The minimum atomic E-state index is -0.535. The lowest BCUT2D eigenvalue weighted by Gasteiger charge is -2.33. The van der Waals surface area contributed by atoms with Crippen molar-refractivity contribution in [3.8, 4) is 5.75 Å². The highest BCUT2D eigenvalue weighted by atomic mass is 16.3. The van der Waals surface area contributed by atoms with E-state index in [1.54, 1.807) is 18.2 Å². The van der Waals surface area contributed by atoms with E-state index in [9.17, 15) is 10.2 Å². The molecule has 3 nitrogen and oxygen atoms in total. The second-order valence-electron chi connectivity index (χ2n) is 4.27. The Balaban J connectivity index is 2.12. The van der Waals surface area contributed by atoms with Gasteiger partial charge in [0, 0.05) is 5.56 Å². The third-order valence-corrected chi connectivity index (χ3v) is 3.30. The van der Waals surface area contributed by atoms with E-state index < -0.39 is 12.1 Å². The fraction of sp³-hybridized carbons (Fsp3) is 0.500. The van der Waals surface area contributed by atoms with Crippen LogP contribution >= 0.6 is 0 Å². The van der Waals surface area contributed by atoms with Crippen LogP contribution in [-0.2, 0) is 0 Å². The summed E-state index contributed by atoms with van der Waals surface area (Å²) < 4.78 is 0.